The van der Waals surface area contributed by atoms with Crippen LogP contribution in [0.2, 0.25) is 0 Å². The molecule has 0 heterocycles. The molecular weight excluding hydrogens is 392 g/mol. The molecule has 1 N–H and O–H groups in total. The van der Waals surface area contributed by atoms with Crippen LogP contribution in [0.5, 0.6) is 11.5 Å². The lowest BCUT2D eigenvalue weighted by Gasteiger charge is -2.23. The summed E-state index contributed by atoms with van der Waals surface area (Å²) in [6.07, 6.45) is 0. The largest absolute Gasteiger partial charge is 0.493 e. The van der Waals surface area contributed by atoms with E-state index in [1.807, 2.05) is 60.7 Å². The molecule has 0 atom stereocenters. The van der Waals surface area contributed by atoms with Crippen molar-refractivity contribution >= 4 is 11.8 Å². The Labute approximate surface area is 182 Å². The molecule has 3 aromatic carbocycles. The summed E-state index contributed by atoms with van der Waals surface area (Å²) < 4.78 is 10.4. The Morgan fingerprint density at radius 3 is 1.84 bits per heavy atom. The Balaban J connectivity index is 1.68. The summed E-state index contributed by atoms with van der Waals surface area (Å²) >= 11 is 0. The molecule has 160 valence electrons. The second-order valence-electron chi connectivity index (χ2n) is 6.97. The van der Waals surface area contributed by atoms with Crippen molar-refractivity contribution in [1.82, 2.24) is 10.2 Å². The van der Waals surface area contributed by atoms with Crippen molar-refractivity contribution in [3.8, 4) is 11.5 Å². The van der Waals surface area contributed by atoms with Gasteiger partial charge in [0.15, 0.2) is 11.5 Å². The van der Waals surface area contributed by atoms with Crippen LogP contribution in [0.25, 0.3) is 0 Å². The maximum absolute atomic E-state index is 13.0. The van der Waals surface area contributed by atoms with Crippen LogP contribution in [-0.4, -0.2) is 37.5 Å². The molecule has 0 saturated heterocycles. The third-order valence-electron chi connectivity index (χ3n) is 4.83. The number of carbonyl (C=O) groups excluding carboxylic acids is 2. The van der Waals surface area contributed by atoms with E-state index in [0.717, 1.165) is 11.1 Å². The quantitative estimate of drug-likeness (QED) is 0.576. The van der Waals surface area contributed by atoms with Gasteiger partial charge >= 0.3 is 0 Å². The average Bonchev–Trinajstić information content (AvgIpc) is 2.82. The van der Waals surface area contributed by atoms with Gasteiger partial charge in [0.05, 0.1) is 20.8 Å². The number of benzene rings is 3. The number of nitrogens with one attached hydrogen (secondary N) is 1. The minimum Gasteiger partial charge on any atom is -0.493 e. The smallest absolute Gasteiger partial charge is 0.251 e. The van der Waals surface area contributed by atoms with Crippen molar-refractivity contribution in [2.75, 3.05) is 20.8 Å². The Morgan fingerprint density at radius 1 is 0.774 bits per heavy atom. The molecule has 0 radical (unpaired) electrons. The highest BCUT2D eigenvalue weighted by atomic mass is 16.5. The molecule has 3 rings (SSSR count). The third kappa shape index (κ3) is 6.09. The summed E-state index contributed by atoms with van der Waals surface area (Å²) in [5.74, 6) is 0.471. The molecule has 0 aliphatic rings. The van der Waals surface area contributed by atoms with Crippen LogP contribution in [0.1, 0.15) is 21.5 Å². The monoisotopic (exact) mass is 418 g/mol. The lowest BCUT2D eigenvalue weighted by molar-refractivity contribution is -0.131. The zero-order chi connectivity index (χ0) is 22.1. The van der Waals surface area contributed by atoms with Gasteiger partial charge in [-0.2, -0.15) is 0 Å². The first-order valence-electron chi connectivity index (χ1n) is 9.96. The highest BCUT2D eigenvalue weighted by Gasteiger charge is 2.17. The van der Waals surface area contributed by atoms with E-state index < -0.39 is 0 Å². The molecule has 0 unspecified atom stereocenters. The van der Waals surface area contributed by atoms with Gasteiger partial charge in [0, 0.05) is 18.7 Å². The molecule has 3 aromatic rings. The topological polar surface area (TPSA) is 67.9 Å². The molecule has 6 heteroatoms. The number of hydrogen-bond donors (Lipinski definition) is 1. The van der Waals surface area contributed by atoms with E-state index in [0.29, 0.717) is 30.2 Å². The number of ether oxygens (including phenoxy) is 2. The molecule has 0 aromatic heterocycles. The summed E-state index contributed by atoms with van der Waals surface area (Å²) in [6, 6.07) is 24.5. The van der Waals surface area contributed by atoms with Gasteiger partial charge < -0.3 is 19.7 Å². The zero-order valence-corrected chi connectivity index (χ0v) is 17.7. The maximum Gasteiger partial charge on any atom is 0.251 e. The molecule has 6 nitrogen and oxygen atoms in total. The predicted molar refractivity (Wildman–Crippen MR) is 119 cm³/mol. The third-order valence-corrected chi connectivity index (χ3v) is 4.83. The first-order valence-corrected chi connectivity index (χ1v) is 9.96. The number of carbonyl (C=O) groups is 2. The van der Waals surface area contributed by atoms with Crippen molar-refractivity contribution < 1.29 is 19.1 Å². The van der Waals surface area contributed by atoms with E-state index in [2.05, 4.69) is 5.32 Å². The second kappa shape index (κ2) is 10.8. The number of methoxy groups -OCH3 is 2. The molecule has 0 aliphatic carbocycles. The molecule has 0 spiro atoms. The lowest BCUT2D eigenvalue weighted by Crippen LogP contribution is -2.39. The Kier molecular flexibility index (Phi) is 7.65. The average molecular weight is 418 g/mol. The van der Waals surface area contributed by atoms with E-state index in [-0.39, 0.29) is 18.4 Å². The summed E-state index contributed by atoms with van der Waals surface area (Å²) in [7, 11) is 3.04. The van der Waals surface area contributed by atoms with E-state index in [9.17, 15) is 9.59 Å². The molecule has 0 fully saturated rings. The van der Waals surface area contributed by atoms with E-state index in [1.54, 1.807) is 23.1 Å². The van der Waals surface area contributed by atoms with Gasteiger partial charge in [-0.15, -0.1) is 0 Å². The molecule has 0 bridgehead atoms. The van der Waals surface area contributed by atoms with Gasteiger partial charge in [-0.1, -0.05) is 60.7 Å². The summed E-state index contributed by atoms with van der Waals surface area (Å²) in [5, 5.41) is 2.71. The molecule has 0 saturated carbocycles. The number of rotatable bonds is 9. The van der Waals surface area contributed by atoms with Crippen LogP contribution in [-0.2, 0) is 17.9 Å². The van der Waals surface area contributed by atoms with Crippen LogP contribution in [0.4, 0.5) is 0 Å². The summed E-state index contributed by atoms with van der Waals surface area (Å²) in [4.78, 5) is 27.3. The first-order chi connectivity index (χ1) is 15.1. The van der Waals surface area contributed by atoms with Gasteiger partial charge in [0.25, 0.3) is 5.91 Å². The lowest BCUT2D eigenvalue weighted by atomic mass is 10.1. The van der Waals surface area contributed by atoms with Crippen molar-refractivity contribution in [3.05, 3.63) is 95.6 Å². The minimum absolute atomic E-state index is 0.104. The van der Waals surface area contributed by atoms with Crippen LogP contribution in [0, 0.1) is 0 Å². The predicted octanol–water partition coefficient (Wildman–Crippen LogP) is 3.66. The van der Waals surface area contributed by atoms with E-state index >= 15 is 0 Å². The van der Waals surface area contributed by atoms with E-state index in [4.69, 9.17) is 9.47 Å². The summed E-state index contributed by atoms with van der Waals surface area (Å²) in [5.41, 5.74) is 2.44. The van der Waals surface area contributed by atoms with Crippen LogP contribution >= 0.6 is 0 Å². The summed E-state index contributed by atoms with van der Waals surface area (Å²) in [6.45, 7) is 0.814. The maximum atomic E-state index is 13.0. The molecule has 31 heavy (non-hydrogen) atoms. The number of hydrogen-bond acceptors (Lipinski definition) is 4. The standard InChI is InChI=1S/C25H26N2O4/c1-30-22-14-13-21(15-23(22)31-2)25(29)26-16-24(28)27(17-19-9-5-3-6-10-19)18-20-11-7-4-8-12-20/h3-15H,16-18H2,1-2H3,(H,26,29). The van der Waals surface area contributed by atoms with Crippen molar-refractivity contribution in [2.45, 2.75) is 13.1 Å². The van der Waals surface area contributed by atoms with Crippen LogP contribution in [0.15, 0.2) is 78.9 Å². The highest BCUT2D eigenvalue weighted by molar-refractivity contribution is 5.97. The van der Waals surface area contributed by atoms with Gasteiger partial charge in [-0.05, 0) is 29.3 Å². The fourth-order valence-corrected chi connectivity index (χ4v) is 3.19. The fourth-order valence-electron chi connectivity index (χ4n) is 3.19. The van der Waals surface area contributed by atoms with Crippen molar-refractivity contribution in [3.63, 3.8) is 0 Å². The Bertz CT molecular complexity index is 965. The van der Waals surface area contributed by atoms with E-state index in [1.165, 1.54) is 14.2 Å². The second-order valence-corrected chi connectivity index (χ2v) is 6.97. The van der Waals surface area contributed by atoms with Gasteiger partial charge in [0.2, 0.25) is 5.91 Å². The van der Waals surface area contributed by atoms with Crippen LogP contribution in [0.3, 0.4) is 0 Å². The minimum atomic E-state index is -0.353. The molecule has 2 amide bonds. The van der Waals surface area contributed by atoms with Crippen molar-refractivity contribution in [1.29, 1.82) is 0 Å². The molecular formula is C25H26N2O4. The van der Waals surface area contributed by atoms with Gasteiger partial charge in [0.1, 0.15) is 0 Å². The Hall–Kier alpha value is -3.80. The molecule has 0 aliphatic heterocycles. The number of nitrogens with zero attached hydrogens (tertiary/aromatic N) is 1. The zero-order valence-electron chi connectivity index (χ0n) is 17.7. The Morgan fingerprint density at radius 2 is 1.32 bits per heavy atom. The normalized spacial score (nSPS) is 10.3. The van der Waals surface area contributed by atoms with Gasteiger partial charge in [-0.25, -0.2) is 0 Å². The highest BCUT2D eigenvalue weighted by Crippen LogP contribution is 2.27. The SMILES string of the molecule is COc1ccc(C(=O)NCC(=O)N(Cc2ccccc2)Cc2ccccc2)cc1OC. The first kappa shape index (κ1) is 21.9. The van der Waals surface area contributed by atoms with Crippen molar-refractivity contribution in [2.24, 2.45) is 0 Å². The fraction of sp³-hybridized carbons (Fsp3) is 0.200. The number of amides is 2. The van der Waals surface area contributed by atoms with Gasteiger partial charge in [-0.3, -0.25) is 9.59 Å². The van der Waals surface area contributed by atoms with Crippen LogP contribution < -0.4 is 14.8 Å².